The minimum atomic E-state index is -1.10. The quantitative estimate of drug-likeness (QED) is 0.621. The Balaban J connectivity index is 1.39. The van der Waals surface area contributed by atoms with E-state index in [4.69, 9.17) is 4.74 Å². The molecule has 7 heteroatoms. The third-order valence-corrected chi connectivity index (χ3v) is 6.45. The van der Waals surface area contributed by atoms with Gasteiger partial charge in [0.2, 0.25) is 0 Å². The fourth-order valence-electron chi connectivity index (χ4n) is 4.62. The molecule has 0 saturated carbocycles. The first-order chi connectivity index (χ1) is 15.5. The number of ether oxygens (including phenoxy) is 1. The van der Waals surface area contributed by atoms with Crippen LogP contribution in [0, 0.1) is 23.4 Å². The van der Waals surface area contributed by atoms with Crippen LogP contribution in [0.3, 0.4) is 0 Å². The van der Waals surface area contributed by atoms with E-state index in [9.17, 15) is 18.0 Å². The Morgan fingerprint density at radius 3 is 2.44 bits per heavy atom. The van der Waals surface area contributed by atoms with Crippen LogP contribution in [-0.4, -0.2) is 54.6 Å². The largest absolute Gasteiger partial charge is 0.376 e. The Labute approximate surface area is 187 Å². The molecule has 0 aliphatic carbocycles. The summed E-state index contributed by atoms with van der Waals surface area (Å²) in [6.45, 7) is 3.68. The fraction of sp³-hybridized carbons (Fsp3) is 0.480. The summed E-state index contributed by atoms with van der Waals surface area (Å²) in [5.74, 6) is -2.57. The lowest BCUT2D eigenvalue weighted by Gasteiger charge is -2.35. The SMILES string of the molecule is O=C(c1cccc(F)c1F)N(CC1CCN(Cc2ccccc2F)CC1)C[C@H]1CCCO1. The van der Waals surface area contributed by atoms with Crippen molar-refractivity contribution < 1.29 is 22.7 Å². The number of hydrogen-bond acceptors (Lipinski definition) is 3. The van der Waals surface area contributed by atoms with Crippen LogP contribution in [0.4, 0.5) is 13.2 Å². The van der Waals surface area contributed by atoms with Crippen molar-refractivity contribution in [3.63, 3.8) is 0 Å². The van der Waals surface area contributed by atoms with Gasteiger partial charge in [-0.15, -0.1) is 0 Å². The van der Waals surface area contributed by atoms with Gasteiger partial charge in [0, 0.05) is 31.8 Å². The molecule has 0 unspecified atom stereocenters. The lowest BCUT2D eigenvalue weighted by atomic mass is 9.95. The zero-order valence-electron chi connectivity index (χ0n) is 18.1. The van der Waals surface area contributed by atoms with E-state index >= 15 is 0 Å². The second-order valence-corrected chi connectivity index (χ2v) is 8.76. The highest BCUT2D eigenvalue weighted by Crippen LogP contribution is 2.24. The molecule has 172 valence electrons. The number of benzene rings is 2. The topological polar surface area (TPSA) is 32.8 Å². The van der Waals surface area contributed by atoms with Gasteiger partial charge in [0.15, 0.2) is 11.6 Å². The molecular formula is C25H29F3N2O2. The number of piperidine rings is 1. The number of carbonyl (C=O) groups is 1. The van der Waals surface area contributed by atoms with Gasteiger partial charge < -0.3 is 9.64 Å². The van der Waals surface area contributed by atoms with E-state index in [-0.39, 0.29) is 23.4 Å². The normalized spacial score (nSPS) is 19.9. The molecule has 0 N–H and O–H groups in total. The highest BCUT2D eigenvalue weighted by atomic mass is 19.2. The first-order valence-corrected chi connectivity index (χ1v) is 11.3. The fourth-order valence-corrected chi connectivity index (χ4v) is 4.62. The van der Waals surface area contributed by atoms with Gasteiger partial charge >= 0.3 is 0 Å². The van der Waals surface area contributed by atoms with Crippen molar-refractivity contribution >= 4 is 5.91 Å². The maximum absolute atomic E-state index is 14.3. The van der Waals surface area contributed by atoms with Crippen LogP contribution >= 0.6 is 0 Å². The highest BCUT2D eigenvalue weighted by Gasteiger charge is 2.29. The minimum Gasteiger partial charge on any atom is -0.376 e. The average Bonchev–Trinajstić information content (AvgIpc) is 3.31. The second kappa shape index (κ2) is 10.5. The van der Waals surface area contributed by atoms with Gasteiger partial charge in [-0.25, -0.2) is 13.2 Å². The maximum Gasteiger partial charge on any atom is 0.257 e. The van der Waals surface area contributed by atoms with Crippen molar-refractivity contribution in [2.24, 2.45) is 5.92 Å². The predicted molar refractivity (Wildman–Crippen MR) is 116 cm³/mol. The van der Waals surface area contributed by atoms with Crippen molar-refractivity contribution in [1.82, 2.24) is 9.80 Å². The molecule has 2 heterocycles. The Bertz CT molecular complexity index is 925. The Hall–Kier alpha value is -2.38. The Morgan fingerprint density at radius 1 is 0.969 bits per heavy atom. The van der Waals surface area contributed by atoms with Crippen molar-refractivity contribution in [2.75, 3.05) is 32.8 Å². The summed E-state index contributed by atoms with van der Waals surface area (Å²) >= 11 is 0. The van der Waals surface area contributed by atoms with Crippen molar-refractivity contribution in [3.8, 4) is 0 Å². The molecule has 2 aromatic rings. The van der Waals surface area contributed by atoms with Gasteiger partial charge in [0.1, 0.15) is 5.82 Å². The highest BCUT2D eigenvalue weighted by molar-refractivity contribution is 5.94. The van der Waals surface area contributed by atoms with Crippen LogP contribution in [-0.2, 0) is 11.3 Å². The van der Waals surface area contributed by atoms with Crippen molar-refractivity contribution in [2.45, 2.75) is 38.3 Å². The standard InChI is InChI=1S/C25H29F3N2O2/c26-22-8-2-1-5-19(22)16-29-12-10-18(11-13-29)15-30(17-20-6-4-14-32-20)25(31)21-7-3-9-23(27)24(21)28/h1-3,5,7-9,18,20H,4,6,10-17H2/t20-/m1/s1. The van der Waals surface area contributed by atoms with Crippen LogP contribution < -0.4 is 0 Å². The molecule has 4 rings (SSSR count). The number of hydrogen-bond donors (Lipinski definition) is 0. The number of amides is 1. The summed E-state index contributed by atoms with van der Waals surface area (Å²) in [6.07, 6.45) is 3.44. The molecule has 2 aromatic carbocycles. The lowest BCUT2D eigenvalue weighted by molar-refractivity contribution is 0.0440. The molecule has 0 spiro atoms. The van der Waals surface area contributed by atoms with E-state index in [2.05, 4.69) is 4.90 Å². The van der Waals surface area contributed by atoms with E-state index in [1.54, 1.807) is 17.0 Å². The molecule has 0 radical (unpaired) electrons. The zero-order valence-corrected chi connectivity index (χ0v) is 18.1. The molecule has 1 atom stereocenters. The summed E-state index contributed by atoms with van der Waals surface area (Å²) < 4.78 is 47.7. The van der Waals surface area contributed by atoms with E-state index in [0.29, 0.717) is 31.8 Å². The van der Waals surface area contributed by atoms with Crippen LogP contribution in [0.1, 0.15) is 41.6 Å². The van der Waals surface area contributed by atoms with E-state index in [1.807, 2.05) is 6.07 Å². The molecule has 4 nitrogen and oxygen atoms in total. The third-order valence-electron chi connectivity index (χ3n) is 6.45. The van der Waals surface area contributed by atoms with Crippen LogP contribution in [0.2, 0.25) is 0 Å². The van der Waals surface area contributed by atoms with Crippen LogP contribution in [0.5, 0.6) is 0 Å². The molecule has 2 fully saturated rings. The maximum atomic E-state index is 14.3. The zero-order chi connectivity index (χ0) is 22.5. The van der Waals surface area contributed by atoms with E-state index in [1.165, 1.54) is 18.2 Å². The first kappa shape index (κ1) is 22.8. The minimum absolute atomic E-state index is 0.0725. The van der Waals surface area contributed by atoms with E-state index in [0.717, 1.165) is 44.8 Å². The molecular weight excluding hydrogens is 417 g/mol. The number of carbonyl (C=O) groups excluding carboxylic acids is 1. The smallest absolute Gasteiger partial charge is 0.257 e. The van der Waals surface area contributed by atoms with Gasteiger partial charge in [0.25, 0.3) is 5.91 Å². The molecule has 32 heavy (non-hydrogen) atoms. The third kappa shape index (κ3) is 5.51. The van der Waals surface area contributed by atoms with Gasteiger partial charge in [-0.2, -0.15) is 0 Å². The Morgan fingerprint density at radius 2 is 1.72 bits per heavy atom. The first-order valence-electron chi connectivity index (χ1n) is 11.3. The average molecular weight is 447 g/mol. The molecule has 2 saturated heterocycles. The number of likely N-dealkylation sites (tertiary alicyclic amines) is 1. The summed E-state index contributed by atoms with van der Waals surface area (Å²) in [4.78, 5) is 17.0. The number of halogens is 3. The van der Waals surface area contributed by atoms with Crippen LogP contribution in [0.25, 0.3) is 0 Å². The van der Waals surface area contributed by atoms with Gasteiger partial charge in [-0.1, -0.05) is 24.3 Å². The molecule has 2 aliphatic rings. The van der Waals surface area contributed by atoms with Crippen LogP contribution in [0.15, 0.2) is 42.5 Å². The summed E-state index contributed by atoms with van der Waals surface area (Å²) in [5, 5.41) is 0. The lowest BCUT2D eigenvalue weighted by Crippen LogP contribution is -2.43. The van der Waals surface area contributed by atoms with Gasteiger partial charge in [-0.05, 0) is 62.9 Å². The molecule has 2 aliphatic heterocycles. The van der Waals surface area contributed by atoms with Gasteiger partial charge in [-0.3, -0.25) is 9.69 Å². The summed E-state index contributed by atoms with van der Waals surface area (Å²) in [6, 6.07) is 10.5. The predicted octanol–water partition coefficient (Wildman–Crippen LogP) is 4.64. The van der Waals surface area contributed by atoms with Gasteiger partial charge in [0.05, 0.1) is 11.7 Å². The molecule has 1 amide bonds. The number of nitrogens with zero attached hydrogens (tertiary/aromatic N) is 2. The molecule has 0 aromatic heterocycles. The van der Waals surface area contributed by atoms with Crippen molar-refractivity contribution in [3.05, 3.63) is 71.0 Å². The second-order valence-electron chi connectivity index (χ2n) is 8.76. The summed E-state index contributed by atoms with van der Waals surface area (Å²) in [5.41, 5.74) is 0.447. The van der Waals surface area contributed by atoms with E-state index < -0.39 is 17.5 Å². The monoisotopic (exact) mass is 446 g/mol. The summed E-state index contributed by atoms with van der Waals surface area (Å²) in [7, 11) is 0. The molecule has 0 bridgehead atoms. The van der Waals surface area contributed by atoms with Crippen molar-refractivity contribution in [1.29, 1.82) is 0 Å². The Kier molecular flexibility index (Phi) is 7.48. The number of rotatable bonds is 7.